The molecule has 3 aliphatic rings. The van der Waals surface area contributed by atoms with Gasteiger partial charge in [-0.25, -0.2) is 4.79 Å². The molecule has 2 aromatic rings. The first-order valence-corrected chi connectivity index (χ1v) is 24.9. The zero-order chi connectivity index (χ0) is 55.2. The van der Waals surface area contributed by atoms with Crippen LogP contribution < -0.4 is 36.6 Å². The van der Waals surface area contributed by atoms with E-state index in [1.165, 1.54) is 52.1 Å². The first-order chi connectivity index (χ1) is 34.8. The highest BCUT2D eigenvalue weighted by molar-refractivity contribution is 6.18. The van der Waals surface area contributed by atoms with Gasteiger partial charge in [-0.15, -0.1) is 11.6 Å². The molecule has 3 heterocycles. The van der Waals surface area contributed by atoms with E-state index < -0.39 is 156 Å². The van der Waals surface area contributed by atoms with Crippen LogP contribution in [0.15, 0.2) is 66.7 Å². The highest BCUT2D eigenvalue weighted by atomic mass is 35.5. The molecule has 406 valence electrons. The number of carbonyl (C=O) groups excluding carboxylic acids is 9. The summed E-state index contributed by atoms with van der Waals surface area (Å²) < 4.78 is 17.0. The standard InChI is InChI=1S/C51H70ClN7O15/c1-10-27(4)39-46(66)58-42-33-16-18-34(19-17-33)74-31(8)51(71,25-52)21-20-37(61)53-23-38(62)72-24-35(50(70)73-30(7)41(48(68)55-39)57-44(64)28(5)43(63)26(2)3)54-47(67)40(29(6)60)56-45(65)36(59(9)49(42)69)22-32-14-12-11-13-15-32/h11-21,26-31,35-36,39-43,60,63,71H,10,22-25H2,1-9H3,(H,53,61)(H,54,67)(H,55,68)(H,56,65)(H,57,64)(H,58,66)/b21-20-/t27?,28-,29?,30-,31-,35+,36?,39?,40?,41+,42+,43-,51+/m0/s1. The lowest BCUT2D eigenvalue weighted by molar-refractivity contribution is -0.160. The summed E-state index contributed by atoms with van der Waals surface area (Å²) in [7, 11) is 1.29. The summed E-state index contributed by atoms with van der Waals surface area (Å²) >= 11 is 6.17. The Hall–Kier alpha value is -6.62. The van der Waals surface area contributed by atoms with Crippen molar-refractivity contribution in [2.45, 2.75) is 134 Å². The summed E-state index contributed by atoms with van der Waals surface area (Å²) in [5, 5.41) is 48.3. The first-order valence-electron chi connectivity index (χ1n) is 24.4. The van der Waals surface area contributed by atoms with Gasteiger partial charge < -0.3 is 66.3 Å². The Morgan fingerprint density at radius 1 is 0.838 bits per heavy atom. The van der Waals surface area contributed by atoms with Crippen LogP contribution in [-0.2, 0) is 59.0 Å². The average Bonchev–Trinajstić information content (AvgIpc) is 3.37. The minimum Gasteiger partial charge on any atom is -0.487 e. The Labute approximate surface area is 435 Å². The summed E-state index contributed by atoms with van der Waals surface area (Å²) in [5.41, 5.74) is -1.28. The molecule has 0 aliphatic carbocycles. The van der Waals surface area contributed by atoms with Crippen molar-refractivity contribution in [1.82, 2.24) is 36.8 Å². The Bertz CT molecular complexity index is 2360. The minimum absolute atomic E-state index is 0.133. The lowest BCUT2D eigenvalue weighted by Gasteiger charge is -2.34. The quantitative estimate of drug-likeness (QED) is 0.110. The van der Waals surface area contributed by atoms with Crippen LogP contribution in [0.2, 0.25) is 0 Å². The fourth-order valence-electron chi connectivity index (χ4n) is 7.90. The Morgan fingerprint density at radius 2 is 1.46 bits per heavy atom. The fourth-order valence-corrected chi connectivity index (χ4v) is 8.20. The molecule has 1 saturated heterocycles. The van der Waals surface area contributed by atoms with Crippen LogP contribution in [0.4, 0.5) is 0 Å². The number of aliphatic hydroxyl groups is 3. The molecular formula is C51H70ClN7O15. The summed E-state index contributed by atoms with van der Waals surface area (Å²) in [4.78, 5) is 128. The van der Waals surface area contributed by atoms with Crippen molar-refractivity contribution in [2.75, 3.05) is 26.1 Å². The number of hydrogen-bond acceptors (Lipinski definition) is 15. The summed E-state index contributed by atoms with van der Waals surface area (Å²) in [5.74, 6) is -11.8. The molecule has 5 unspecified atom stereocenters. The Kier molecular flexibility index (Phi) is 21.9. The highest BCUT2D eigenvalue weighted by Crippen LogP contribution is 2.26. The molecule has 22 nitrogen and oxygen atoms in total. The summed E-state index contributed by atoms with van der Waals surface area (Å²) in [6.07, 6.45) is -3.61. The molecule has 3 aliphatic heterocycles. The van der Waals surface area contributed by atoms with Crippen LogP contribution in [0.3, 0.4) is 0 Å². The topological polar surface area (TPSA) is 317 Å². The van der Waals surface area contributed by atoms with Gasteiger partial charge in [-0.1, -0.05) is 83.5 Å². The maximum absolute atomic E-state index is 15.2. The van der Waals surface area contributed by atoms with Crippen LogP contribution >= 0.6 is 11.6 Å². The number of alkyl halides is 1. The van der Waals surface area contributed by atoms with Gasteiger partial charge in [0, 0.05) is 19.5 Å². The number of ether oxygens (including phenoxy) is 3. The number of benzene rings is 2. The number of esters is 2. The third kappa shape index (κ3) is 15.9. The van der Waals surface area contributed by atoms with E-state index >= 15 is 4.79 Å². The van der Waals surface area contributed by atoms with Crippen molar-refractivity contribution in [1.29, 1.82) is 0 Å². The van der Waals surface area contributed by atoms with Crippen molar-refractivity contribution in [3.63, 3.8) is 0 Å². The molecule has 0 radical (unpaired) electrons. The summed E-state index contributed by atoms with van der Waals surface area (Å²) in [6, 6.07) is 4.00. The van der Waals surface area contributed by atoms with E-state index in [4.69, 9.17) is 25.8 Å². The number of amides is 7. The molecule has 0 saturated carbocycles. The smallest absolute Gasteiger partial charge is 0.332 e. The normalized spacial score (nSPS) is 28.5. The third-order valence-electron chi connectivity index (χ3n) is 13.1. The molecule has 2 aromatic carbocycles. The molecule has 4 bridgehead atoms. The van der Waals surface area contributed by atoms with Gasteiger partial charge in [0.1, 0.15) is 66.9 Å². The van der Waals surface area contributed by atoms with E-state index in [0.29, 0.717) is 5.56 Å². The van der Waals surface area contributed by atoms with Crippen molar-refractivity contribution in [3.8, 4) is 5.75 Å². The number of hydrogen-bond donors (Lipinski definition) is 9. The lowest BCUT2D eigenvalue weighted by atomic mass is 9.93. The Balaban J connectivity index is 2.03. The molecule has 0 spiro atoms. The highest BCUT2D eigenvalue weighted by Gasteiger charge is 2.42. The first kappa shape index (κ1) is 59.9. The average molecular weight is 1060 g/mol. The maximum Gasteiger partial charge on any atom is 0.332 e. The zero-order valence-corrected chi connectivity index (χ0v) is 43.7. The van der Waals surface area contributed by atoms with Crippen LogP contribution in [0.1, 0.15) is 79.0 Å². The van der Waals surface area contributed by atoms with Crippen LogP contribution in [0, 0.1) is 17.8 Å². The maximum atomic E-state index is 15.2. The molecule has 23 heteroatoms. The zero-order valence-electron chi connectivity index (χ0n) is 43.0. The van der Waals surface area contributed by atoms with Crippen molar-refractivity contribution < 1.29 is 72.7 Å². The van der Waals surface area contributed by atoms with Gasteiger partial charge in [-0.3, -0.25) is 38.4 Å². The van der Waals surface area contributed by atoms with E-state index in [0.717, 1.165) is 24.0 Å². The lowest BCUT2D eigenvalue weighted by Crippen LogP contribution is -2.61. The van der Waals surface area contributed by atoms with E-state index in [1.807, 2.05) is 0 Å². The van der Waals surface area contributed by atoms with E-state index in [2.05, 4.69) is 31.9 Å². The van der Waals surface area contributed by atoms with E-state index in [9.17, 15) is 53.7 Å². The summed E-state index contributed by atoms with van der Waals surface area (Å²) in [6.45, 7) is 10.2. The third-order valence-corrected chi connectivity index (χ3v) is 13.6. The number of aliphatic hydroxyl groups excluding tert-OH is 2. The predicted molar refractivity (Wildman–Crippen MR) is 267 cm³/mol. The van der Waals surface area contributed by atoms with Gasteiger partial charge in [-0.05, 0) is 61.9 Å². The van der Waals surface area contributed by atoms with Crippen molar-refractivity contribution in [2.24, 2.45) is 17.8 Å². The van der Waals surface area contributed by atoms with Crippen LogP contribution in [0.5, 0.6) is 5.75 Å². The van der Waals surface area contributed by atoms with E-state index in [1.54, 1.807) is 58.0 Å². The van der Waals surface area contributed by atoms with E-state index in [-0.39, 0.29) is 24.2 Å². The van der Waals surface area contributed by atoms with Crippen molar-refractivity contribution in [3.05, 3.63) is 77.9 Å². The second-order valence-electron chi connectivity index (χ2n) is 19.1. The monoisotopic (exact) mass is 1060 g/mol. The van der Waals surface area contributed by atoms with Gasteiger partial charge in [0.05, 0.1) is 24.0 Å². The minimum atomic E-state index is -1.98. The number of cyclic esters (lactones) is 1. The van der Waals surface area contributed by atoms with Crippen molar-refractivity contribution >= 4 is 64.9 Å². The number of carbonyl (C=O) groups is 9. The van der Waals surface area contributed by atoms with Crippen LogP contribution in [-0.4, -0.2) is 160 Å². The number of likely N-dealkylation sites (N-methyl/N-ethyl adjacent to an activating group) is 1. The number of fused-ring (bicyclic) bond motifs is 11. The van der Waals surface area contributed by atoms with Gasteiger partial charge in [0.25, 0.3) is 0 Å². The molecule has 1 fully saturated rings. The molecular weight excluding hydrogens is 986 g/mol. The predicted octanol–water partition coefficient (Wildman–Crippen LogP) is -0.156. The molecule has 5 rings (SSSR count). The second kappa shape index (κ2) is 27.1. The largest absolute Gasteiger partial charge is 0.487 e. The van der Waals surface area contributed by atoms with Crippen LogP contribution in [0.25, 0.3) is 0 Å². The Morgan fingerprint density at radius 3 is 2.05 bits per heavy atom. The fraction of sp³-hybridized carbons (Fsp3) is 0.549. The molecule has 0 aromatic heterocycles. The van der Waals surface area contributed by atoms with Gasteiger partial charge in [0.15, 0.2) is 6.04 Å². The van der Waals surface area contributed by atoms with Gasteiger partial charge in [0.2, 0.25) is 41.4 Å². The number of rotatable bonds is 10. The molecule has 13 atom stereocenters. The molecule has 7 amide bonds. The molecule has 74 heavy (non-hydrogen) atoms. The number of nitrogens with zero attached hydrogens (tertiary/aromatic N) is 1. The molecule has 9 N–H and O–H groups in total. The van der Waals surface area contributed by atoms with Gasteiger partial charge >= 0.3 is 11.9 Å². The SMILES string of the molecule is CCC(C)C1NC(=O)[C@H](NC(=O)[C@@H](C)[C@@H](O)C(C)C)[C@H](C)OC(=O)[C@H]2COC(=O)CNC(=O)/C=C\[C@@](O)(CCl)[C@H](C)Oc3ccc(cc3)[C@@H](NC1=O)C(=O)N(C)C(Cc1ccccc1)C(=O)NC(C(C)O)C(=O)N2. The number of halogens is 1. The number of nitrogens with one attached hydrogen (secondary N) is 6. The second-order valence-corrected chi connectivity index (χ2v) is 19.4. The van der Waals surface area contributed by atoms with Gasteiger partial charge in [-0.2, -0.15) is 0 Å².